The SMILES string of the molecule is CCc1cccc2c3c([nH]c12)[C@@](CC)(CC(=O)OC[C@H](O)[C@H]1OC(=O)C(O)=C1O)OCC3. The molecule has 0 aliphatic carbocycles. The number of hydrogen-bond donors (Lipinski definition) is 4. The van der Waals surface area contributed by atoms with Gasteiger partial charge >= 0.3 is 11.9 Å². The van der Waals surface area contributed by atoms with Gasteiger partial charge in [-0.05, 0) is 30.4 Å². The van der Waals surface area contributed by atoms with Crippen LogP contribution < -0.4 is 0 Å². The Kier molecular flexibility index (Phi) is 5.87. The summed E-state index contributed by atoms with van der Waals surface area (Å²) in [5.74, 6) is -3.49. The summed E-state index contributed by atoms with van der Waals surface area (Å²) in [7, 11) is 0. The first-order valence-electron chi connectivity index (χ1n) is 10.7. The number of esters is 2. The topological polar surface area (TPSA) is 138 Å². The highest BCUT2D eigenvalue weighted by Crippen LogP contribution is 2.42. The van der Waals surface area contributed by atoms with Gasteiger partial charge in [0.15, 0.2) is 11.9 Å². The normalized spacial score (nSPS) is 23.8. The fourth-order valence-corrected chi connectivity index (χ4v) is 4.52. The number of nitrogens with one attached hydrogen (secondary N) is 1. The molecule has 3 heterocycles. The van der Waals surface area contributed by atoms with Crippen LogP contribution in [0.2, 0.25) is 0 Å². The summed E-state index contributed by atoms with van der Waals surface area (Å²) >= 11 is 0. The van der Waals surface area contributed by atoms with Crippen LogP contribution >= 0.6 is 0 Å². The molecule has 9 heteroatoms. The molecule has 1 aromatic carbocycles. The molecule has 32 heavy (non-hydrogen) atoms. The highest BCUT2D eigenvalue weighted by Gasteiger charge is 2.43. The lowest BCUT2D eigenvalue weighted by Crippen LogP contribution is -2.39. The fourth-order valence-electron chi connectivity index (χ4n) is 4.52. The molecule has 0 amide bonds. The molecule has 1 aromatic heterocycles. The molecular formula is C23H27NO8. The zero-order chi connectivity index (χ0) is 23.0. The predicted molar refractivity (Wildman–Crippen MR) is 113 cm³/mol. The number of carbonyl (C=O) groups is 2. The Balaban J connectivity index is 1.51. The third-order valence-electron chi connectivity index (χ3n) is 6.30. The smallest absolute Gasteiger partial charge is 0.377 e. The summed E-state index contributed by atoms with van der Waals surface area (Å²) in [5, 5.41) is 30.3. The van der Waals surface area contributed by atoms with Crippen molar-refractivity contribution in [3.05, 3.63) is 46.5 Å². The number of aliphatic hydroxyl groups excluding tert-OH is 3. The van der Waals surface area contributed by atoms with Crippen molar-refractivity contribution in [1.29, 1.82) is 0 Å². The van der Waals surface area contributed by atoms with E-state index in [0.717, 1.165) is 35.0 Å². The number of benzene rings is 1. The van der Waals surface area contributed by atoms with Gasteiger partial charge in [-0.25, -0.2) is 4.79 Å². The van der Waals surface area contributed by atoms with Gasteiger partial charge in [0.1, 0.15) is 18.3 Å². The van der Waals surface area contributed by atoms with E-state index in [4.69, 9.17) is 9.47 Å². The van der Waals surface area contributed by atoms with Gasteiger partial charge < -0.3 is 34.5 Å². The van der Waals surface area contributed by atoms with E-state index in [9.17, 15) is 24.9 Å². The van der Waals surface area contributed by atoms with Gasteiger partial charge in [0.25, 0.3) is 0 Å². The Labute approximate surface area is 184 Å². The monoisotopic (exact) mass is 445 g/mol. The number of carbonyl (C=O) groups excluding carboxylic acids is 2. The highest BCUT2D eigenvalue weighted by atomic mass is 16.6. The number of hydrogen-bond acceptors (Lipinski definition) is 8. The maximum Gasteiger partial charge on any atom is 0.377 e. The molecule has 2 aliphatic heterocycles. The number of aryl methyl sites for hydroxylation is 1. The summed E-state index contributed by atoms with van der Waals surface area (Å²) in [5.41, 5.74) is 3.36. The van der Waals surface area contributed by atoms with Gasteiger partial charge in [-0.1, -0.05) is 32.0 Å². The number of para-hydroxylation sites is 1. The largest absolute Gasteiger partial charge is 0.505 e. The minimum absolute atomic E-state index is 0.0744. The van der Waals surface area contributed by atoms with Gasteiger partial charge in [-0.3, -0.25) is 4.79 Å². The third kappa shape index (κ3) is 3.61. The van der Waals surface area contributed by atoms with E-state index in [-0.39, 0.29) is 6.42 Å². The molecule has 4 N–H and O–H groups in total. The van der Waals surface area contributed by atoms with E-state index in [1.54, 1.807) is 0 Å². The number of aromatic nitrogens is 1. The zero-order valence-electron chi connectivity index (χ0n) is 18.0. The summed E-state index contributed by atoms with van der Waals surface area (Å²) < 4.78 is 16.0. The van der Waals surface area contributed by atoms with Crippen LogP contribution in [0.15, 0.2) is 29.7 Å². The van der Waals surface area contributed by atoms with Crippen molar-refractivity contribution in [3.63, 3.8) is 0 Å². The van der Waals surface area contributed by atoms with Crippen molar-refractivity contribution < 1.29 is 39.1 Å². The van der Waals surface area contributed by atoms with E-state index >= 15 is 0 Å². The number of aliphatic hydroxyl groups is 3. The molecule has 2 aliphatic rings. The molecule has 4 rings (SSSR count). The maximum atomic E-state index is 12.7. The van der Waals surface area contributed by atoms with Crippen LogP contribution in [-0.4, -0.2) is 57.7 Å². The van der Waals surface area contributed by atoms with E-state index in [2.05, 4.69) is 28.8 Å². The number of H-pyrrole nitrogens is 1. The second kappa shape index (κ2) is 8.48. The Morgan fingerprint density at radius 1 is 1.34 bits per heavy atom. The minimum atomic E-state index is -1.52. The maximum absolute atomic E-state index is 12.7. The number of cyclic esters (lactones) is 1. The van der Waals surface area contributed by atoms with Crippen LogP contribution in [0.25, 0.3) is 10.9 Å². The molecular weight excluding hydrogens is 418 g/mol. The molecule has 0 fully saturated rings. The van der Waals surface area contributed by atoms with Crippen molar-refractivity contribution in [2.24, 2.45) is 0 Å². The van der Waals surface area contributed by atoms with Gasteiger partial charge in [-0.2, -0.15) is 0 Å². The lowest BCUT2D eigenvalue weighted by Gasteiger charge is -2.36. The van der Waals surface area contributed by atoms with Gasteiger partial charge in [0.2, 0.25) is 5.76 Å². The Hall–Kier alpha value is -3.04. The molecule has 0 radical (unpaired) electrons. The minimum Gasteiger partial charge on any atom is -0.505 e. The summed E-state index contributed by atoms with van der Waals surface area (Å²) in [6.07, 6.45) is -0.930. The first-order chi connectivity index (χ1) is 15.3. The lowest BCUT2D eigenvalue weighted by atomic mass is 9.86. The number of rotatable bonds is 7. The average molecular weight is 445 g/mol. The van der Waals surface area contributed by atoms with Crippen molar-refractivity contribution in [2.75, 3.05) is 13.2 Å². The van der Waals surface area contributed by atoms with Crippen molar-refractivity contribution in [3.8, 4) is 0 Å². The standard InChI is InChI=1S/C23H27NO8/c1-3-12-6-5-7-13-14-8-9-31-23(4-2,21(14)24-17(12)13)10-16(26)30-11-15(25)20-18(27)19(28)22(29)32-20/h5-7,15,20,24-25,27-28H,3-4,8-11H2,1-2H3/t15-,20+,23+/m0/s1. The van der Waals surface area contributed by atoms with E-state index < -0.39 is 47.9 Å². The quantitative estimate of drug-likeness (QED) is 0.477. The number of fused-ring (bicyclic) bond motifs is 3. The summed E-state index contributed by atoms with van der Waals surface area (Å²) in [4.78, 5) is 27.5. The van der Waals surface area contributed by atoms with Crippen LogP contribution in [-0.2, 0) is 42.2 Å². The molecule has 9 nitrogen and oxygen atoms in total. The molecule has 0 unspecified atom stereocenters. The summed E-state index contributed by atoms with van der Waals surface area (Å²) in [6.45, 7) is 3.98. The molecule has 0 bridgehead atoms. The zero-order valence-corrected chi connectivity index (χ0v) is 18.0. The molecule has 2 aromatic rings. The first-order valence-corrected chi connectivity index (χ1v) is 10.7. The Morgan fingerprint density at radius 2 is 2.12 bits per heavy atom. The molecule has 3 atom stereocenters. The van der Waals surface area contributed by atoms with Crippen molar-refractivity contribution >= 4 is 22.8 Å². The van der Waals surface area contributed by atoms with Gasteiger partial charge in [0.05, 0.1) is 18.7 Å². The molecule has 0 saturated carbocycles. The fraction of sp³-hybridized carbons (Fsp3) is 0.478. The van der Waals surface area contributed by atoms with Crippen LogP contribution in [0.1, 0.15) is 43.5 Å². The Morgan fingerprint density at radius 3 is 2.78 bits per heavy atom. The number of aromatic amines is 1. The predicted octanol–water partition coefficient (Wildman–Crippen LogP) is 2.46. The molecule has 0 spiro atoms. The Bertz CT molecular complexity index is 1090. The molecule has 0 saturated heterocycles. The van der Waals surface area contributed by atoms with Gasteiger partial charge in [-0.15, -0.1) is 0 Å². The van der Waals surface area contributed by atoms with E-state index in [1.165, 1.54) is 5.56 Å². The van der Waals surface area contributed by atoms with Crippen molar-refractivity contribution in [1.82, 2.24) is 4.98 Å². The van der Waals surface area contributed by atoms with Crippen LogP contribution in [0.4, 0.5) is 0 Å². The van der Waals surface area contributed by atoms with Crippen LogP contribution in [0.3, 0.4) is 0 Å². The molecule has 172 valence electrons. The van der Waals surface area contributed by atoms with E-state index in [0.29, 0.717) is 13.0 Å². The number of ether oxygens (including phenoxy) is 3. The van der Waals surface area contributed by atoms with Crippen LogP contribution in [0, 0.1) is 0 Å². The second-order valence-corrected chi connectivity index (χ2v) is 8.11. The lowest BCUT2D eigenvalue weighted by molar-refractivity contribution is -0.162. The third-order valence-corrected chi connectivity index (χ3v) is 6.30. The summed E-state index contributed by atoms with van der Waals surface area (Å²) in [6, 6.07) is 6.18. The van der Waals surface area contributed by atoms with Crippen molar-refractivity contribution in [2.45, 2.75) is 57.3 Å². The first kappa shape index (κ1) is 22.2. The van der Waals surface area contributed by atoms with E-state index in [1.807, 2.05) is 13.0 Å². The van der Waals surface area contributed by atoms with Crippen LogP contribution in [0.5, 0.6) is 0 Å². The second-order valence-electron chi connectivity index (χ2n) is 8.11. The van der Waals surface area contributed by atoms with Gasteiger partial charge in [0, 0.05) is 10.9 Å². The average Bonchev–Trinajstić information content (AvgIpc) is 3.31. The highest BCUT2D eigenvalue weighted by molar-refractivity contribution is 5.89.